The highest BCUT2D eigenvalue weighted by Gasteiger charge is 2.24. The number of aromatic amines is 1. The van der Waals surface area contributed by atoms with Gasteiger partial charge in [-0.25, -0.2) is 5.43 Å². The van der Waals surface area contributed by atoms with Crippen molar-refractivity contribution in [1.82, 2.24) is 15.7 Å². The lowest BCUT2D eigenvalue weighted by molar-refractivity contribution is 0.0940. The first-order valence-corrected chi connectivity index (χ1v) is 10.2. The van der Waals surface area contributed by atoms with Crippen LogP contribution in [0.3, 0.4) is 0 Å². The van der Waals surface area contributed by atoms with E-state index in [4.69, 9.17) is 0 Å². The maximum atomic E-state index is 13.0. The fraction of sp³-hybridized carbons (Fsp3) is 0.0800. The van der Waals surface area contributed by atoms with E-state index in [2.05, 4.69) is 20.8 Å². The number of hydrogen-bond acceptors (Lipinski definition) is 4. The van der Waals surface area contributed by atoms with Gasteiger partial charge in [0.2, 0.25) is 0 Å². The van der Waals surface area contributed by atoms with E-state index in [0.29, 0.717) is 16.6 Å². The number of H-pyrrole nitrogens is 1. The number of carbonyl (C=O) groups excluding carboxylic acids is 2. The monoisotopic (exact) mass is 424 g/mol. The molecule has 0 saturated carbocycles. The maximum Gasteiger partial charge on any atom is 0.272 e. The summed E-state index contributed by atoms with van der Waals surface area (Å²) >= 11 is 0. The van der Waals surface area contributed by atoms with Crippen LogP contribution in [-0.2, 0) is 0 Å². The van der Waals surface area contributed by atoms with Gasteiger partial charge in [0.05, 0.1) is 23.5 Å². The number of hydrogen-bond donors (Lipinski definition) is 4. The van der Waals surface area contributed by atoms with Gasteiger partial charge in [-0.3, -0.25) is 9.59 Å². The van der Waals surface area contributed by atoms with Gasteiger partial charge < -0.3 is 15.4 Å². The summed E-state index contributed by atoms with van der Waals surface area (Å²) in [6.07, 6.45) is 1.63. The first-order valence-electron chi connectivity index (χ1n) is 10.2. The van der Waals surface area contributed by atoms with Crippen molar-refractivity contribution in [3.8, 4) is 17.0 Å². The number of amides is 2. The summed E-state index contributed by atoms with van der Waals surface area (Å²) in [5.41, 5.74) is 7.39. The summed E-state index contributed by atoms with van der Waals surface area (Å²) < 4.78 is 0. The number of benzene rings is 3. The molecule has 0 radical (unpaired) electrons. The largest absolute Gasteiger partial charge is 0.508 e. The first kappa shape index (κ1) is 19.6. The Morgan fingerprint density at radius 1 is 1.06 bits per heavy atom. The molecule has 0 fully saturated rings. The highest BCUT2D eigenvalue weighted by Crippen LogP contribution is 2.33. The number of aromatic nitrogens is 1. The number of nitrogens with zero attached hydrogens (tertiary/aromatic N) is 1. The maximum absolute atomic E-state index is 13.0. The van der Waals surface area contributed by atoms with Crippen molar-refractivity contribution >= 4 is 28.9 Å². The average Bonchev–Trinajstić information content (AvgIpc) is 3.08. The Bertz CT molecular complexity index is 1370. The third kappa shape index (κ3) is 3.39. The number of aromatic hydroxyl groups is 1. The molecule has 7 nitrogen and oxygen atoms in total. The Morgan fingerprint density at radius 3 is 2.56 bits per heavy atom. The fourth-order valence-corrected chi connectivity index (χ4v) is 3.97. The Morgan fingerprint density at radius 2 is 1.81 bits per heavy atom. The van der Waals surface area contributed by atoms with Crippen LogP contribution >= 0.6 is 0 Å². The van der Waals surface area contributed by atoms with Crippen LogP contribution in [0.15, 0.2) is 71.8 Å². The van der Waals surface area contributed by atoms with Crippen molar-refractivity contribution in [1.29, 1.82) is 0 Å². The van der Waals surface area contributed by atoms with Gasteiger partial charge in [0, 0.05) is 22.0 Å². The number of hydrazone groups is 1. The Kier molecular flexibility index (Phi) is 4.71. The summed E-state index contributed by atoms with van der Waals surface area (Å²) in [6.45, 7) is 1.86. The van der Waals surface area contributed by atoms with E-state index in [9.17, 15) is 14.7 Å². The Hall–Kier alpha value is -4.39. The minimum absolute atomic E-state index is 0.165. The predicted octanol–water partition coefficient (Wildman–Crippen LogP) is 4.11. The molecule has 1 aliphatic heterocycles. The molecular formula is C25H20N4O3. The molecule has 1 aromatic heterocycles. The lowest BCUT2D eigenvalue weighted by Gasteiger charge is -2.15. The van der Waals surface area contributed by atoms with Crippen molar-refractivity contribution in [2.24, 2.45) is 5.10 Å². The number of carbonyl (C=O) groups is 2. The second-order valence-corrected chi connectivity index (χ2v) is 7.71. The molecule has 5 rings (SSSR count). The Labute approximate surface area is 183 Å². The summed E-state index contributed by atoms with van der Waals surface area (Å²) in [7, 11) is 0. The van der Waals surface area contributed by atoms with Gasteiger partial charge in [0.15, 0.2) is 0 Å². The molecule has 1 atom stereocenters. The van der Waals surface area contributed by atoms with Crippen LogP contribution in [0.4, 0.5) is 0 Å². The molecule has 2 heterocycles. The molecule has 0 aliphatic carbocycles. The molecule has 32 heavy (non-hydrogen) atoms. The minimum atomic E-state index is -0.371. The number of nitrogens with one attached hydrogen (secondary N) is 3. The van der Waals surface area contributed by atoms with Crippen LogP contribution in [0.5, 0.6) is 5.75 Å². The molecule has 0 bridgehead atoms. The normalized spacial score (nSPS) is 13.5. The van der Waals surface area contributed by atoms with E-state index < -0.39 is 0 Å². The SMILES string of the molecule is CC(NC(=O)c1cc2c3c(c(-c4ccccc4)[nH]c3c1)C=NNC2=O)c1ccc(O)cc1. The molecule has 4 N–H and O–H groups in total. The third-order valence-electron chi connectivity index (χ3n) is 5.61. The van der Waals surface area contributed by atoms with Gasteiger partial charge in [-0.2, -0.15) is 5.10 Å². The molecule has 0 spiro atoms. The summed E-state index contributed by atoms with van der Waals surface area (Å²) in [5.74, 6) is -0.512. The first-order chi connectivity index (χ1) is 15.5. The smallest absolute Gasteiger partial charge is 0.272 e. The van der Waals surface area contributed by atoms with Gasteiger partial charge in [-0.15, -0.1) is 0 Å². The molecule has 1 aliphatic rings. The lowest BCUT2D eigenvalue weighted by Crippen LogP contribution is -2.27. The minimum Gasteiger partial charge on any atom is -0.508 e. The highest BCUT2D eigenvalue weighted by atomic mass is 16.3. The number of rotatable bonds is 4. The fourth-order valence-electron chi connectivity index (χ4n) is 3.97. The van der Waals surface area contributed by atoms with E-state index in [1.165, 1.54) is 0 Å². The van der Waals surface area contributed by atoms with Crippen LogP contribution < -0.4 is 10.7 Å². The van der Waals surface area contributed by atoms with E-state index >= 15 is 0 Å². The van der Waals surface area contributed by atoms with Gasteiger partial charge >= 0.3 is 0 Å². The van der Waals surface area contributed by atoms with Crippen molar-refractivity contribution < 1.29 is 14.7 Å². The Balaban J connectivity index is 1.57. The van der Waals surface area contributed by atoms with Crippen molar-refractivity contribution in [3.63, 3.8) is 0 Å². The van der Waals surface area contributed by atoms with Crippen LogP contribution in [0.25, 0.3) is 22.2 Å². The number of phenols is 1. The molecule has 2 amide bonds. The molecular weight excluding hydrogens is 404 g/mol. The van der Waals surface area contributed by atoms with Gasteiger partial charge in [-0.1, -0.05) is 42.5 Å². The standard InChI is InChI=1S/C25H20N4O3/c1-14(15-7-9-18(30)10-8-15)27-24(31)17-11-19-22-20(13-26-29-25(19)32)23(28-21(22)12-17)16-5-3-2-4-6-16/h2-14,28,30H,1H3,(H,27,31)(H,29,32). The van der Waals surface area contributed by atoms with E-state index in [0.717, 1.165) is 27.8 Å². The molecule has 0 saturated heterocycles. The second kappa shape index (κ2) is 7.70. The topological polar surface area (TPSA) is 107 Å². The molecule has 1 unspecified atom stereocenters. The molecule has 3 aromatic carbocycles. The van der Waals surface area contributed by atoms with Crippen molar-refractivity contribution in [3.05, 3.63) is 89.0 Å². The van der Waals surface area contributed by atoms with Gasteiger partial charge in [0.1, 0.15) is 5.75 Å². The average molecular weight is 424 g/mol. The van der Waals surface area contributed by atoms with E-state index in [-0.39, 0.29) is 23.6 Å². The molecule has 4 aromatic rings. The van der Waals surface area contributed by atoms with Gasteiger partial charge in [0.25, 0.3) is 11.8 Å². The molecule has 7 heteroatoms. The van der Waals surface area contributed by atoms with Gasteiger partial charge in [-0.05, 0) is 42.3 Å². The summed E-state index contributed by atoms with van der Waals surface area (Å²) in [4.78, 5) is 29.1. The van der Waals surface area contributed by atoms with Crippen LogP contribution in [-0.4, -0.2) is 28.1 Å². The number of phenolic OH excluding ortho intramolecular Hbond substituents is 1. The quantitative estimate of drug-likeness (QED) is 0.396. The van der Waals surface area contributed by atoms with Crippen LogP contribution in [0.1, 0.15) is 44.8 Å². The zero-order valence-electron chi connectivity index (χ0n) is 17.2. The third-order valence-corrected chi connectivity index (χ3v) is 5.61. The van der Waals surface area contributed by atoms with Crippen LogP contribution in [0.2, 0.25) is 0 Å². The zero-order valence-corrected chi connectivity index (χ0v) is 17.2. The summed E-state index contributed by atoms with van der Waals surface area (Å²) in [6, 6.07) is 19.5. The molecule has 158 valence electrons. The van der Waals surface area contributed by atoms with E-state index in [1.54, 1.807) is 42.6 Å². The summed E-state index contributed by atoms with van der Waals surface area (Å²) in [5, 5.41) is 17.2. The van der Waals surface area contributed by atoms with Crippen molar-refractivity contribution in [2.75, 3.05) is 0 Å². The predicted molar refractivity (Wildman–Crippen MR) is 123 cm³/mol. The van der Waals surface area contributed by atoms with Crippen molar-refractivity contribution in [2.45, 2.75) is 13.0 Å². The second-order valence-electron chi connectivity index (χ2n) is 7.71. The zero-order chi connectivity index (χ0) is 22.2. The van der Waals surface area contributed by atoms with E-state index in [1.807, 2.05) is 37.3 Å². The van der Waals surface area contributed by atoms with Crippen LogP contribution in [0, 0.1) is 0 Å². The highest BCUT2D eigenvalue weighted by molar-refractivity contribution is 6.18. The lowest BCUT2D eigenvalue weighted by atomic mass is 9.99.